The summed E-state index contributed by atoms with van der Waals surface area (Å²) < 4.78 is 19.8. The van der Waals surface area contributed by atoms with Crippen LogP contribution < -0.4 is 10.1 Å². The summed E-state index contributed by atoms with van der Waals surface area (Å²) in [5.41, 5.74) is 1.50. The molecular formula is C16H14FN5O. The molecule has 0 unspecified atom stereocenters. The molecule has 0 saturated carbocycles. The second-order valence-corrected chi connectivity index (χ2v) is 4.60. The van der Waals surface area contributed by atoms with Crippen molar-refractivity contribution in [2.75, 3.05) is 12.4 Å². The average molecular weight is 311 g/mol. The van der Waals surface area contributed by atoms with Gasteiger partial charge in [-0.05, 0) is 46.8 Å². The first-order chi connectivity index (χ1) is 11.3. The minimum Gasteiger partial charge on any atom is -0.495 e. The number of halogens is 1. The van der Waals surface area contributed by atoms with Crippen molar-refractivity contribution in [3.63, 3.8) is 0 Å². The predicted molar refractivity (Wildman–Crippen MR) is 84.8 cm³/mol. The highest BCUT2D eigenvalue weighted by molar-refractivity contribution is 5.60. The summed E-state index contributed by atoms with van der Waals surface area (Å²) in [4.78, 5) is 0. The van der Waals surface area contributed by atoms with Gasteiger partial charge in [-0.3, -0.25) is 0 Å². The highest BCUT2D eigenvalue weighted by atomic mass is 19.1. The minimum absolute atomic E-state index is 0.309. The fourth-order valence-electron chi connectivity index (χ4n) is 2.03. The predicted octanol–water partition coefficient (Wildman–Crippen LogP) is 2.89. The van der Waals surface area contributed by atoms with E-state index in [-0.39, 0.29) is 5.82 Å². The molecule has 0 atom stereocenters. The molecule has 3 rings (SSSR count). The van der Waals surface area contributed by atoms with E-state index in [9.17, 15) is 4.39 Å². The van der Waals surface area contributed by atoms with Gasteiger partial charge in [0.1, 0.15) is 11.6 Å². The lowest BCUT2D eigenvalue weighted by Gasteiger charge is -2.07. The van der Waals surface area contributed by atoms with Crippen LogP contribution in [-0.4, -0.2) is 27.3 Å². The Labute approximate surface area is 132 Å². The average Bonchev–Trinajstić information content (AvgIpc) is 3.04. The molecule has 0 bridgehead atoms. The molecule has 0 spiro atoms. The number of methoxy groups -OCH3 is 1. The molecule has 0 radical (unpaired) electrons. The maximum Gasteiger partial charge on any atom is 0.181 e. The Hall–Kier alpha value is -3.22. The molecule has 0 aliphatic carbocycles. The van der Waals surface area contributed by atoms with Crippen molar-refractivity contribution in [3.8, 4) is 11.4 Å². The van der Waals surface area contributed by atoms with E-state index in [0.717, 1.165) is 11.4 Å². The molecule has 1 aromatic heterocycles. The first-order valence-corrected chi connectivity index (χ1v) is 6.88. The Morgan fingerprint density at radius 3 is 2.70 bits per heavy atom. The summed E-state index contributed by atoms with van der Waals surface area (Å²) in [5, 5.41) is 14.6. The number of para-hydroxylation sites is 2. The van der Waals surface area contributed by atoms with E-state index in [1.54, 1.807) is 31.5 Å². The largest absolute Gasteiger partial charge is 0.495 e. The van der Waals surface area contributed by atoms with E-state index >= 15 is 0 Å². The van der Waals surface area contributed by atoms with Crippen molar-refractivity contribution >= 4 is 11.8 Å². The lowest BCUT2D eigenvalue weighted by atomic mass is 10.3. The van der Waals surface area contributed by atoms with Gasteiger partial charge in [-0.2, -0.15) is 4.68 Å². The molecule has 0 fully saturated rings. The van der Waals surface area contributed by atoms with Crippen LogP contribution in [0.15, 0.2) is 54.7 Å². The van der Waals surface area contributed by atoms with Gasteiger partial charge in [0.25, 0.3) is 0 Å². The smallest absolute Gasteiger partial charge is 0.181 e. The van der Waals surface area contributed by atoms with Gasteiger partial charge >= 0.3 is 0 Å². The van der Waals surface area contributed by atoms with Gasteiger partial charge < -0.3 is 10.1 Å². The molecular weight excluding hydrogens is 297 g/mol. The fourth-order valence-corrected chi connectivity index (χ4v) is 2.03. The number of nitrogens with one attached hydrogen (secondary N) is 1. The molecule has 1 N–H and O–H groups in total. The molecule has 0 aliphatic heterocycles. The Morgan fingerprint density at radius 2 is 1.91 bits per heavy atom. The van der Waals surface area contributed by atoms with Crippen molar-refractivity contribution < 1.29 is 9.13 Å². The Bertz CT molecular complexity index is 813. The van der Waals surface area contributed by atoms with Crippen molar-refractivity contribution in [1.82, 2.24) is 20.2 Å². The monoisotopic (exact) mass is 311 g/mol. The second-order valence-electron chi connectivity index (χ2n) is 4.60. The fraction of sp³-hybridized carbons (Fsp3) is 0.0625. The third-order valence-electron chi connectivity index (χ3n) is 3.14. The van der Waals surface area contributed by atoms with Crippen LogP contribution in [0, 0.1) is 5.82 Å². The molecule has 23 heavy (non-hydrogen) atoms. The van der Waals surface area contributed by atoms with Crippen LogP contribution in [0.4, 0.5) is 10.1 Å². The maximum atomic E-state index is 13.0. The first-order valence-electron chi connectivity index (χ1n) is 6.88. The van der Waals surface area contributed by atoms with Crippen LogP contribution in [0.25, 0.3) is 11.8 Å². The van der Waals surface area contributed by atoms with Crippen molar-refractivity contribution in [2.45, 2.75) is 0 Å². The highest BCUT2D eigenvalue weighted by Gasteiger charge is 2.05. The van der Waals surface area contributed by atoms with Gasteiger partial charge in [-0.15, -0.1) is 5.10 Å². The zero-order valence-electron chi connectivity index (χ0n) is 12.3. The van der Waals surface area contributed by atoms with E-state index in [4.69, 9.17) is 4.74 Å². The van der Waals surface area contributed by atoms with Gasteiger partial charge in [0.15, 0.2) is 5.82 Å². The number of anilines is 1. The summed E-state index contributed by atoms with van der Waals surface area (Å²) in [6.07, 6.45) is 3.43. The molecule has 2 aromatic carbocycles. The zero-order valence-corrected chi connectivity index (χ0v) is 12.3. The third kappa shape index (κ3) is 3.34. The van der Waals surface area contributed by atoms with E-state index in [2.05, 4.69) is 20.8 Å². The number of tetrazole rings is 1. The molecule has 7 heteroatoms. The Kier molecular flexibility index (Phi) is 4.28. The van der Waals surface area contributed by atoms with E-state index in [1.165, 1.54) is 16.8 Å². The van der Waals surface area contributed by atoms with Crippen molar-refractivity contribution in [2.24, 2.45) is 0 Å². The Morgan fingerprint density at radius 1 is 1.13 bits per heavy atom. The van der Waals surface area contributed by atoms with Crippen LogP contribution >= 0.6 is 0 Å². The van der Waals surface area contributed by atoms with Crippen LogP contribution in [0.5, 0.6) is 5.75 Å². The van der Waals surface area contributed by atoms with Gasteiger partial charge in [0.2, 0.25) is 0 Å². The van der Waals surface area contributed by atoms with E-state index in [0.29, 0.717) is 11.5 Å². The topological polar surface area (TPSA) is 64.9 Å². The number of ether oxygens (including phenoxy) is 1. The van der Waals surface area contributed by atoms with Crippen LogP contribution in [0.2, 0.25) is 0 Å². The normalized spacial score (nSPS) is 10.9. The lowest BCUT2D eigenvalue weighted by Crippen LogP contribution is -2.00. The first kappa shape index (κ1) is 14.7. The van der Waals surface area contributed by atoms with Crippen molar-refractivity contribution in [1.29, 1.82) is 0 Å². The number of rotatable bonds is 5. The number of aromatic nitrogens is 4. The quantitative estimate of drug-likeness (QED) is 0.785. The molecule has 116 valence electrons. The molecule has 6 nitrogen and oxygen atoms in total. The lowest BCUT2D eigenvalue weighted by molar-refractivity contribution is 0.417. The highest BCUT2D eigenvalue weighted by Crippen LogP contribution is 2.23. The SMILES string of the molecule is COc1ccccc1N/C=C\c1nnnn1-c1ccc(F)cc1. The summed E-state index contributed by atoms with van der Waals surface area (Å²) in [6, 6.07) is 13.5. The van der Waals surface area contributed by atoms with Gasteiger partial charge in [-0.1, -0.05) is 12.1 Å². The van der Waals surface area contributed by atoms with Crippen LogP contribution in [0.3, 0.4) is 0 Å². The molecule has 0 saturated heterocycles. The Balaban J connectivity index is 1.79. The zero-order chi connectivity index (χ0) is 16.1. The number of hydrogen-bond donors (Lipinski definition) is 1. The molecule has 0 aliphatic rings. The van der Waals surface area contributed by atoms with Gasteiger partial charge in [0.05, 0.1) is 18.5 Å². The summed E-state index contributed by atoms with van der Waals surface area (Å²) >= 11 is 0. The number of hydrogen-bond acceptors (Lipinski definition) is 5. The van der Waals surface area contributed by atoms with Crippen molar-refractivity contribution in [3.05, 3.63) is 66.4 Å². The molecule has 3 aromatic rings. The third-order valence-corrected chi connectivity index (χ3v) is 3.14. The van der Waals surface area contributed by atoms with Crippen LogP contribution in [-0.2, 0) is 0 Å². The number of nitrogens with zero attached hydrogens (tertiary/aromatic N) is 4. The standard InChI is InChI=1S/C16H14FN5O/c1-23-15-5-3-2-4-14(15)18-11-10-16-19-20-21-22(16)13-8-6-12(17)7-9-13/h2-11,18H,1H3/b11-10-. The minimum atomic E-state index is -0.309. The second kappa shape index (κ2) is 6.69. The van der Waals surface area contributed by atoms with Crippen LogP contribution in [0.1, 0.15) is 5.82 Å². The van der Waals surface area contributed by atoms with Gasteiger partial charge in [-0.25, -0.2) is 4.39 Å². The number of benzene rings is 2. The summed E-state index contributed by atoms with van der Waals surface area (Å²) in [5.74, 6) is 0.936. The molecule has 0 amide bonds. The summed E-state index contributed by atoms with van der Waals surface area (Å²) in [6.45, 7) is 0. The summed E-state index contributed by atoms with van der Waals surface area (Å²) in [7, 11) is 1.61. The maximum absolute atomic E-state index is 13.0. The van der Waals surface area contributed by atoms with E-state index < -0.39 is 0 Å². The van der Waals surface area contributed by atoms with Gasteiger partial charge in [0, 0.05) is 12.3 Å². The molecule has 1 heterocycles. The van der Waals surface area contributed by atoms with E-state index in [1.807, 2.05) is 24.3 Å².